The second-order valence-electron chi connectivity index (χ2n) is 4.51. The average molecular weight is 249 g/mol. The number of thiophene rings is 1. The van der Waals surface area contributed by atoms with Gasteiger partial charge in [-0.15, -0.1) is 11.3 Å². The summed E-state index contributed by atoms with van der Waals surface area (Å²) < 4.78 is 0. The molecule has 5 heteroatoms. The predicted molar refractivity (Wildman–Crippen MR) is 67.4 cm³/mol. The lowest BCUT2D eigenvalue weighted by molar-refractivity contribution is -0.120. The molecule has 17 heavy (non-hydrogen) atoms. The van der Waals surface area contributed by atoms with Gasteiger partial charge >= 0.3 is 0 Å². The van der Waals surface area contributed by atoms with Crippen molar-refractivity contribution < 1.29 is 4.79 Å². The third-order valence-electron chi connectivity index (χ3n) is 3.24. The minimum atomic E-state index is -0.723. The normalized spacial score (nSPS) is 28.4. The molecule has 0 aliphatic heterocycles. The van der Waals surface area contributed by atoms with E-state index in [0.29, 0.717) is 25.7 Å². The van der Waals surface area contributed by atoms with E-state index in [0.717, 1.165) is 5.00 Å². The Kier molecular flexibility index (Phi) is 3.46. The van der Waals surface area contributed by atoms with Crippen LogP contribution in [0.15, 0.2) is 17.5 Å². The molecule has 0 spiro atoms. The van der Waals surface area contributed by atoms with Crippen molar-refractivity contribution in [2.75, 3.05) is 5.32 Å². The first-order chi connectivity index (χ1) is 8.13. The number of nitrogens with two attached hydrogens (primary N) is 1. The Morgan fingerprint density at radius 2 is 2.29 bits per heavy atom. The minimum absolute atomic E-state index is 0.0119. The minimum Gasteiger partial charge on any atom is -0.317 e. The third-order valence-corrected chi connectivity index (χ3v) is 4.02. The van der Waals surface area contributed by atoms with Crippen LogP contribution in [0, 0.1) is 17.2 Å². The molecule has 0 saturated heterocycles. The van der Waals surface area contributed by atoms with Gasteiger partial charge in [-0.05, 0) is 43.2 Å². The number of amides is 1. The van der Waals surface area contributed by atoms with Crippen LogP contribution < -0.4 is 11.1 Å². The van der Waals surface area contributed by atoms with Crippen LogP contribution in [0.2, 0.25) is 0 Å². The zero-order valence-electron chi connectivity index (χ0n) is 9.48. The van der Waals surface area contributed by atoms with Gasteiger partial charge in [-0.2, -0.15) is 5.26 Å². The smallest absolute Gasteiger partial charge is 0.228 e. The number of nitrogens with one attached hydrogen (secondary N) is 1. The molecule has 1 saturated carbocycles. The van der Waals surface area contributed by atoms with Crippen LogP contribution >= 0.6 is 11.3 Å². The molecule has 4 nitrogen and oxygen atoms in total. The summed E-state index contributed by atoms with van der Waals surface area (Å²) in [5, 5.41) is 14.6. The summed E-state index contributed by atoms with van der Waals surface area (Å²) in [6.45, 7) is 0. The van der Waals surface area contributed by atoms with E-state index < -0.39 is 5.54 Å². The summed E-state index contributed by atoms with van der Waals surface area (Å²) in [6.07, 6.45) is 2.60. The van der Waals surface area contributed by atoms with Gasteiger partial charge in [0.1, 0.15) is 5.54 Å². The number of hydrogen-bond donors (Lipinski definition) is 2. The second kappa shape index (κ2) is 4.86. The van der Waals surface area contributed by atoms with Crippen molar-refractivity contribution >= 4 is 22.2 Å². The first-order valence-corrected chi connectivity index (χ1v) is 6.55. The second-order valence-corrected chi connectivity index (χ2v) is 5.46. The van der Waals surface area contributed by atoms with Crippen LogP contribution in [0.4, 0.5) is 5.00 Å². The van der Waals surface area contributed by atoms with Crippen molar-refractivity contribution in [1.82, 2.24) is 0 Å². The topological polar surface area (TPSA) is 78.9 Å². The van der Waals surface area contributed by atoms with Gasteiger partial charge in [-0.25, -0.2) is 0 Å². The van der Waals surface area contributed by atoms with Crippen LogP contribution in [0.25, 0.3) is 0 Å². The molecule has 1 aromatic rings. The highest BCUT2D eigenvalue weighted by molar-refractivity contribution is 7.14. The number of anilines is 1. The van der Waals surface area contributed by atoms with Gasteiger partial charge in [0.15, 0.2) is 0 Å². The molecule has 1 aromatic heterocycles. The lowest BCUT2D eigenvalue weighted by Crippen LogP contribution is -2.43. The van der Waals surface area contributed by atoms with E-state index in [1.165, 1.54) is 11.3 Å². The Morgan fingerprint density at radius 1 is 1.59 bits per heavy atom. The molecule has 2 rings (SSSR count). The molecule has 90 valence electrons. The maximum Gasteiger partial charge on any atom is 0.228 e. The Balaban J connectivity index is 1.89. The fraction of sp³-hybridized carbons (Fsp3) is 0.500. The monoisotopic (exact) mass is 249 g/mol. The standard InChI is InChI=1S/C12H15N3OS/c13-8-12(14)5-3-9(4-6-12)11(16)15-10-2-1-7-17-10/h1-2,7,9H,3-6,14H2,(H,15,16). The van der Waals surface area contributed by atoms with Gasteiger partial charge in [-0.3, -0.25) is 4.79 Å². The van der Waals surface area contributed by atoms with Gasteiger partial charge in [0, 0.05) is 5.92 Å². The molecule has 0 radical (unpaired) electrons. The average Bonchev–Trinajstić information content (AvgIpc) is 2.83. The summed E-state index contributed by atoms with van der Waals surface area (Å²) >= 11 is 1.51. The van der Waals surface area contributed by atoms with Crippen LogP contribution in [-0.2, 0) is 4.79 Å². The van der Waals surface area contributed by atoms with Gasteiger partial charge in [0.25, 0.3) is 0 Å². The molecule has 1 aliphatic carbocycles. The van der Waals surface area contributed by atoms with E-state index in [9.17, 15) is 4.79 Å². The molecule has 0 bridgehead atoms. The zero-order chi connectivity index (χ0) is 12.3. The van der Waals surface area contributed by atoms with E-state index in [1.807, 2.05) is 17.5 Å². The number of rotatable bonds is 2. The molecule has 0 aromatic carbocycles. The van der Waals surface area contributed by atoms with E-state index in [4.69, 9.17) is 11.0 Å². The molecule has 1 aliphatic rings. The van der Waals surface area contributed by atoms with Crippen molar-refractivity contribution in [2.24, 2.45) is 11.7 Å². The van der Waals surface area contributed by atoms with Crippen molar-refractivity contribution in [3.8, 4) is 6.07 Å². The van der Waals surface area contributed by atoms with Crippen molar-refractivity contribution in [1.29, 1.82) is 5.26 Å². The van der Waals surface area contributed by atoms with Crippen molar-refractivity contribution in [2.45, 2.75) is 31.2 Å². The summed E-state index contributed by atoms with van der Waals surface area (Å²) in [4.78, 5) is 11.9. The molecular weight excluding hydrogens is 234 g/mol. The number of carbonyl (C=O) groups is 1. The van der Waals surface area contributed by atoms with Gasteiger partial charge in [0.2, 0.25) is 5.91 Å². The zero-order valence-corrected chi connectivity index (χ0v) is 10.3. The highest BCUT2D eigenvalue weighted by atomic mass is 32.1. The van der Waals surface area contributed by atoms with Crippen LogP contribution in [0.3, 0.4) is 0 Å². The summed E-state index contributed by atoms with van der Waals surface area (Å²) in [5.41, 5.74) is 5.14. The van der Waals surface area contributed by atoms with E-state index in [1.54, 1.807) is 0 Å². The molecule has 0 unspecified atom stereocenters. The van der Waals surface area contributed by atoms with Crippen LogP contribution in [0.1, 0.15) is 25.7 Å². The molecule has 0 atom stereocenters. The SMILES string of the molecule is N#CC1(N)CCC(C(=O)Nc2cccs2)CC1. The Hall–Kier alpha value is -1.38. The highest BCUT2D eigenvalue weighted by Gasteiger charge is 2.34. The molecule has 1 heterocycles. The number of carbonyl (C=O) groups excluding carboxylic acids is 1. The van der Waals surface area contributed by atoms with Gasteiger partial charge < -0.3 is 11.1 Å². The third kappa shape index (κ3) is 2.84. The molecule has 3 N–H and O–H groups in total. The Morgan fingerprint density at radius 3 is 2.82 bits per heavy atom. The maximum absolute atomic E-state index is 11.9. The summed E-state index contributed by atoms with van der Waals surface area (Å²) in [5.74, 6) is 0.0366. The fourth-order valence-electron chi connectivity index (χ4n) is 2.08. The first kappa shape index (κ1) is 12.1. The quantitative estimate of drug-likeness (QED) is 0.842. The summed E-state index contributed by atoms with van der Waals surface area (Å²) in [7, 11) is 0. The largest absolute Gasteiger partial charge is 0.317 e. The number of hydrogen-bond acceptors (Lipinski definition) is 4. The van der Waals surface area contributed by atoms with Crippen LogP contribution in [0.5, 0.6) is 0 Å². The highest BCUT2D eigenvalue weighted by Crippen LogP contribution is 2.31. The molecular formula is C12H15N3OS. The van der Waals surface area contributed by atoms with E-state index in [2.05, 4.69) is 11.4 Å². The van der Waals surface area contributed by atoms with Crippen molar-refractivity contribution in [3.05, 3.63) is 17.5 Å². The van der Waals surface area contributed by atoms with Crippen molar-refractivity contribution in [3.63, 3.8) is 0 Å². The lowest BCUT2D eigenvalue weighted by Gasteiger charge is -2.30. The van der Waals surface area contributed by atoms with Crippen LogP contribution in [-0.4, -0.2) is 11.4 Å². The van der Waals surface area contributed by atoms with Gasteiger partial charge in [-0.1, -0.05) is 0 Å². The maximum atomic E-state index is 11.9. The number of nitriles is 1. The Bertz CT molecular complexity index is 427. The summed E-state index contributed by atoms with van der Waals surface area (Å²) in [6, 6.07) is 5.92. The lowest BCUT2D eigenvalue weighted by atomic mass is 9.77. The predicted octanol–water partition coefficient (Wildman–Crippen LogP) is 2.10. The molecule has 1 fully saturated rings. The first-order valence-electron chi connectivity index (χ1n) is 5.67. The Labute approximate surface area is 104 Å². The van der Waals surface area contributed by atoms with E-state index >= 15 is 0 Å². The van der Waals surface area contributed by atoms with Gasteiger partial charge in [0.05, 0.1) is 11.1 Å². The molecule has 1 amide bonds. The van der Waals surface area contributed by atoms with E-state index in [-0.39, 0.29) is 11.8 Å². The fourth-order valence-corrected chi connectivity index (χ4v) is 2.70. The number of nitrogens with zero attached hydrogens (tertiary/aromatic N) is 1.